The number of nitrogens with zero attached hydrogens (tertiary/aromatic N) is 1. The minimum absolute atomic E-state index is 0.0478. The molecule has 0 radical (unpaired) electrons. The Balaban J connectivity index is 1.40. The summed E-state index contributed by atoms with van der Waals surface area (Å²) in [6.07, 6.45) is 1.45. The van der Waals surface area contributed by atoms with Crippen molar-refractivity contribution in [1.82, 2.24) is 4.90 Å². The van der Waals surface area contributed by atoms with E-state index < -0.39 is 6.04 Å². The van der Waals surface area contributed by atoms with E-state index in [9.17, 15) is 9.59 Å². The number of rotatable bonds is 5. The highest BCUT2D eigenvalue weighted by atomic mass is 35.5. The van der Waals surface area contributed by atoms with E-state index in [0.717, 1.165) is 6.42 Å². The molecule has 0 bridgehead atoms. The summed E-state index contributed by atoms with van der Waals surface area (Å²) in [6, 6.07) is 7.68. The predicted octanol–water partition coefficient (Wildman–Crippen LogP) is 4.46. The molecule has 1 unspecified atom stereocenters. The lowest BCUT2D eigenvalue weighted by molar-refractivity contribution is -0.122. The number of benzene rings is 2. The molecule has 0 aromatic heterocycles. The summed E-state index contributed by atoms with van der Waals surface area (Å²) in [5, 5.41) is 6.82. The molecule has 0 aliphatic carbocycles. The molecule has 4 rings (SSSR count). The number of likely N-dealkylation sites (tertiary alicyclic amines) is 1. The van der Waals surface area contributed by atoms with E-state index in [2.05, 4.69) is 10.6 Å². The first-order valence-corrected chi connectivity index (χ1v) is 10.9. The van der Waals surface area contributed by atoms with Crippen molar-refractivity contribution in [3.05, 3.63) is 45.4 Å². The Bertz CT molecular complexity index is 1020. The Morgan fingerprint density at radius 1 is 0.968 bits per heavy atom. The smallest absolute Gasteiger partial charge is 0.241 e. The van der Waals surface area contributed by atoms with Gasteiger partial charge in [0, 0.05) is 17.2 Å². The fourth-order valence-electron chi connectivity index (χ4n) is 3.66. The number of hydrogen-bond acceptors (Lipinski definition) is 5. The average Bonchev–Trinajstić information content (AvgIpc) is 3.19. The molecule has 0 spiro atoms. The van der Waals surface area contributed by atoms with Crippen molar-refractivity contribution in [2.45, 2.75) is 18.9 Å². The molecule has 31 heavy (non-hydrogen) atoms. The van der Waals surface area contributed by atoms with Gasteiger partial charge in [0.05, 0.1) is 34.0 Å². The number of hydrogen-bond donors (Lipinski definition) is 2. The standard InChI is InChI=1S/C21H20Cl3N3O4/c22-12-3-4-13(23)15(8-12)26-21(29)17-2-1-5-27(17)11-20(28)25-16-10-19-18(9-14(16)24)30-6-7-31-19/h3-4,8-10,17H,1-2,5-7,11H2,(H,25,28)(H,26,29). The number of anilines is 2. The Labute approximate surface area is 194 Å². The Morgan fingerprint density at radius 2 is 1.68 bits per heavy atom. The lowest BCUT2D eigenvalue weighted by Gasteiger charge is -2.24. The maximum Gasteiger partial charge on any atom is 0.241 e. The van der Waals surface area contributed by atoms with Gasteiger partial charge in [0.25, 0.3) is 0 Å². The van der Waals surface area contributed by atoms with Gasteiger partial charge in [-0.3, -0.25) is 14.5 Å². The fraction of sp³-hybridized carbons (Fsp3) is 0.333. The molecule has 1 atom stereocenters. The number of ether oxygens (including phenoxy) is 2. The van der Waals surface area contributed by atoms with Crippen molar-refractivity contribution in [2.75, 3.05) is 36.9 Å². The van der Waals surface area contributed by atoms with Gasteiger partial charge >= 0.3 is 0 Å². The summed E-state index contributed by atoms with van der Waals surface area (Å²) in [5.41, 5.74) is 0.875. The normalized spacial score (nSPS) is 18.0. The SMILES string of the molecule is O=C(CN1CCCC1C(=O)Nc1cc(Cl)ccc1Cl)Nc1cc2c(cc1Cl)OCCO2. The van der Waals surface area contributed by atoms with Crippen molar-refractivity contribution >= 4 is 58.0 Å². The van der Waals surface area contributed by atoms with E-state index in [1.165, 1.54) is 0 Å². The second kappa shape index (κ2) is 9.53. The van der Waals surface area contributed by atoms with Crippen molar-refractivity contribution in [3.8, 4) is 11.5 Å². The first kappa shape index (κ1) is 22.0. The number of carbonyl (C=O) groups is 2. The molecule has 2 aliphatic rings. The second-order valence-corrected chi connectivity index (χ2v) is 8.52. The number of fused-ring (bicyclic) bond motifs is 1. The van der Waals surface area contributed by atoms with Gasteiger partial charge in [-0.25, -0.2) is 0 Å². The van der Waals surface area contributed by atoms with E-state index in [4.69, 9.17) is 44.3 Å². The zero-order chi connectivity index (χ0) is 22.0. The molecule has 1 saturated heterocycles. The van der Waals surface area contributed by atoms with Crippen LogP contribution >= 0.6 is 34.8 Å². The van der Waals surface area contributed by atoms with Crippen molar-refractivity contribution < 1.29 is 19.1 Å². The predicted molar refractivity (Wildman–Crippen MR) is 121 cm³/mol. The second-order valence-electron chi connectivity index (χ2n) is 7.27. The van der Waals surface area contributed by atoms with Crippen molar-refractivity contribution in [2.24, 2.45) is 0 Å². The van der Waals surface area contributed by atoms with Crippen molar-refractivity contribution in [1.29, 1.82) is 0 Å². The van der Waals surface area contributed by atoms with Gasteiger partial charge in [0.15, 0.2) is 11.5 Å². The van der Waals surface area contributed by atoms with Gasteiger partial charge < -0.3 is 20.1 Å². The highest BCUT2D eigenvalue weighted by molar-refractivity contribution is 6.35. The fourth-order valence-corrected chi connectivity index (χ4v) is 4.19. The van der Waals surface area contributed by atoms with Crippen LogP contribution in [0.25, 0.3) is 0 Å². The van der Waals surface area contributed by atoms with Crippen LogP contribution in [0.3, 0.4) is 0 Å². The van der Waals surface area contributed by atoms with Crippen LogP contribution in [0, 0.1) is 0 Å². The molecule has 2 heterocycles. The van der Waals surface area contributed by atoms with Crippen LogP contribution in [0.2, 0.25) is 15.1 Å². The lowest BCUT2D eigenvalue weighted by Crippen LogP contribution is -2.43. The largest absolute Gasteiger partial charge is 0.486 e. The van der Waals surface area contributed by atoms with E-state index >= 15 is 0 Å². The topological polar surface area (TPSA) is 79.9 Å². The quantitative estimate of drug-likeness (QED) is 0.655. The molecule has 2 aromatic carbocycles. The van der Waals surface area contributed by atoms with E-state index in [1.807, 2.05) is 4.90 Å². The number of amides is 2. The van der Waals surface area contributed by atoms with Gasteiger partial charge in [-0.15, -0.1) is 0 Å². The van der Waals surface area contributed by atoms with Crippen LogP contribution in [0.1, 0.15) is 12.8 Å². The molecule has 164 valence electrons. The maximum absolute atomic E-state index is 12.8. The number of nitrogens with one attached hydrogen (secondary N) is 2. The first-order valence-electron chi connectivity index (χ1n) is 9.79. The molecular weight excluding hydrogens is 465 g/mol. The highest BCUT2D eigenvalue weighted by Gasteiger charge is 2.32. The zero-order valence-electron chi connectivity index (χ0n) is 16.4. The first-order chi connectivity index (χ1) is 14.9. The Kier molecular flexibility index (Phi) is 6.77. The third-order valence-corrected chi connectivity index (χ3v) is 5.98. The van der Waals surface area contributed by atoms with Gasteiger partial charge in [-0.05, 0) is 37.6 Å². The molecular formula is C21H20Cl3N3O4. The zero-order valence-corrected chi connectivity index (χ0v) is 18.7. The Morgan fingerprint density at radius 3 is 2.45 bits per heavy atom. The van der Waals surface area contributed by atoms with Gasteiger partial charge in [-0.2, -0.15) is 0 Å². The monoisotopic (exact) mass is 483 g/mol. The summed E-state index contributed by atoms with van der Waals surface area (Å²) in [4.78, 5) is 27.3. The summed E-state index contributed by atoms with van der Waals surface area (Å²) in [7, 11) is 0. The van der Waals surface area contributed by atoms with Gasteiger partial charge in [0.1, 0.15) is 13.2 Å². The van der Waals surface area contributed by atoms with E-state index in [1.54, 1.807) is 30.3 Å². The molecule has 10 heteroatoms. The average molecular weight is 485 g/mol. The Hall–Kier alpha value is -2.19. The van der Waals surface area contributed by atoms with Crippen LogP contribution in [0.5, 0.6) is 11.5 Å². The maximum atomic E-state index is 12.8. The summed E-state index contributed by atoms with van der Waals surface area (Å²) in [5.74, 6) is 0.568. The van der Waals surface area contributed by atoms with Gasteiger partial charge in [-0.1, -0.05) is 34.8 Å². The minimum Gasteiger partial charge on any atom is -0.486 e. The van der Waals surface area contributed by atoms with Crippen LogP contribution in [0.15, 0.2) is 30.3 Å². The van der Waals surface area contributed by atoms with Crippen molar-refractivity contribution in [3.63, 3.8) is 0 Å². The van der Waals surface area contributed by atoms with Crippen LogP contribution < -0.4 is 20.1 Å². The molecule has 2 amide bonds. The molecule has 0 saturated carbocycles. The molecule has 2 aromatic rings. The van der Waals surface area contributed by atoms with E-state index in [0.29, 0.717) is 64.1 Å². The molecule has 2 aliphatic heterocycles. The van der Waals surface area contributed by atoms with E-state index in [-0.39, 0.29) is 18.4 Å². The lowest BCUT2D eigenvalue weighted by atomic mass is 10.2. The third-order valence-electron chi connectivity index (χ3n) is 5.11. The molecule has 2 N–H and O–H groups in total. The van der Waals surface area contributed by atoms with Crippen LogP contribution in [0.4, 0.5) is 11.4 Å². The summed E-state index contributed by atoms with van der Waals surface area (Å²) >= 11 is 18.4. The molecule has 1 fully saturated rings. The third kappa shape index (κ3) is 5.18. The molecule has 7 nitrogen and oxygen atoms in total. The summed E-state index contributed by atoms with van der Waals surface area (Å²) < 4.78 is 11.0. The number of carbonyl (C=O) groups excluding carboxylic acids is 2. The van der Waals surface area contributed by atoms with Crippen LogP contribution in [-0.4, -0.2) is 49.1 Å². The highest BCUT2D eigenvalue weighted by Crippen LogP contribution is 2.38. The van der Waals surface area contributed by atoms with Gasteiger partial charge in [0.2, 0.25) is 11.8 Å². The number of halogens is 3. The van der Waals surface area contributed by atoms with Crippen LogP contribution in [-0.2, 0) is 9.59 Å². The summed E-state index contributed by atoms with van der Waals surface area (Å²) in [6.45, 7) is 1.56. The minimum atomic E-state index is -0.448.